The van der Waals surface area contributed by atoms with Gasteiger partial charge >= 0.3 is 0 Å². The number of alkyl halides is 1. The average molecular weight is 180 g/mol. The Bertz CT molecular complexity index is 143. The molecule has 1 rings (SSSR count). The monoisotopic (exact) mass is 180 g/mol. The van der Waals surface area contributed by atoms with E-state index in [4.69, 9.17) is 14.2 Å². The zero-order valence-corrected chi connectivity index (χ0v) is 7.07. The highest BCUT2D eigenvalue weighted by atomic mass is 19.1. The molecule has 4 atom stereocenters. The normalized spacial score (nSPS) is 42.0. The van der Waals surface area contributed by atoms with Crippen LogP contribution in [0.15, 0.2) is 0 Å². The molecule has 1 aliphatic heterocycles. The van der Waals surface area contributed by atoms with Crippen LogP contribution < -0.4 is 0 Å². The van der Waals surface area contributed by atoms with Gasteiger partial charge in [-0.1, -0.05) is 0 Å². The smallest absolute Gasteiger partial charge is 0.186 e. The van der Waals surface area contributed by atoms with Crippen molar-refractivity contribution in [3.8, 4) is 0 Å². The first-order chi connectivity index (χ1) is 5.70. The molecule has 0 aromatic carbocycles. The standard InChI is InChI=1S/C7H13FO4/c1-10-3-4-5(8)6(9)7(11-2)12-4/h4-7,9H,3H2,1-2H3/t4-,5-,6-,7+/m1/s1. The van der Waals surface area contributed by atoms with Crippen LogP contribution in [0.4, 0.5) is 4.39 Å². The number of halogens is 1. The highest BCUT2D eigenvalue weighted by Gasteiger charge is 2.44. The van der Waals surface area contributed by atoms with Gasteiger partial charge in [-0.2, -0.15) is 0 Å². The van der Waals surface area contributed by atoms with E-state index in [1.165, 1.54) is 14.2 Å². The summed E-state index contributed by atoms with van der Waals surface area (Å²) < 4.78 is 27.5. The number of ether oxygens (including phenoxy) is 3. The Balaban J connectivity index is 2.48. The molecule has 0 aliphatic carbocycles. The van der Waals surface area contributed by atoms with E-state index >= 15 is 0 Å². The molecule has 0 unspecified atom stereocenters. The summed E-state index contributed by atoms with van der Waals surface area (Å²) in [4.78, 5) is 0. The summed E-state index contributed by atoms with van der Waals surface area (Å²) in [5, 5.41) is 9.17. The minimum absolute atomic E-state index is 0.123. The maximum Gasteiger partial charge on any atom is 0.186 e. The van der Waals surface area contributed by atoms with E-state index in [0.29, 0.717) is 0 Å². The Morgan fingerprint density at radius 2 is 2.17 bits per heavy atom. The SMILES string of the molecule is COC[C@H]1O[C@H](OC)[C@H](O)[C@@H]1F. The van der Waals surface area contributed by atoms with Crippen LogP contribution in [-0.2, 0) is 14.2 Å². The van der Waals surface area contributed by atoms with Crippen LogP contribution in [0.2, 0.25) is 0 Å². The van der Waals surface area contributed by atoms with Crippen molar-refractivity contribution in [2.75, 3.05) is 20.8 Å². The zero-order chi connectivity index (χ0) is 9.14. The topological polar surface area (TPSA) is 47.9 Å². The van der Waals surface area contributed by atoms with E-state index in [-0.39, 0.29) is 6.61 Å². The van der Waals surface area contributed by atoms with E-state index in [9.17, 15) is 9.50 Å². The van der Waals surface area contributed by atoms with Gasteiger partial charge < -0.3 is 19.3 Å². The molecule has 0 saturated carbocycles. The molecule has 1 saturated heterocycles. The average Bonchev–Trinajstić information content (AvgIpc) is 2.33. The number of hydrogen-bond donors (Lipinski definition) is 1. The fraction of sp³-hybridized carbons (Fsp3) is 1.00. The van der Waals surface area contributed by atoms with E-state index in [2.05, 4.69) is 0 Å². The fourth-order valence-corrected chi connectivity index (χ4v) is 1.19. The van der Waals surface area contributed by atoms with Crippen LogP contribution in [0.3, 0.4) is 0 Å². The molecule has 1 N–H and O–H groups in total. The molecule has 0 amide bonds. The van der Waals surface area contributed by atoms with Gasteiger partial charge in [0.2, 0.25) is 0 Å². The van der Waals surface area contributed by atoms with Crippen molar-refractivity contribution in [2.24, 2.45) is 0 Å². The Kier molecular flexibility index (Phi) is 3.39. The summed E-state index contributed by atoms with van der Waals surface area (Å²) in [5.41, 5.74) is 0. The Morgan fingerprint density at radius 3 is 2.58 bits per heavy atom. The van der Waals surface area contributed by atoms with Crippen LogP contribution in [0, 0.1) is 0 Å². The summed E-state index contributed by atoms with van der Waals surface area (Å²) >= 11 is 0. The second-order valence-corrected chi connectivity index (χ2v) is 2.67. The number of aliphatic hydroxyl groups is 1. The quantitative estimate of drug-likeness (QED) is 0.648. The summed E-state index contributed by atoms with van der Waals surface area (Å²) in [6.07, 6.45) is -4.25. The molecule has 0 bridgehead atoms. The van der Waals surface area contributed by atoms with E-state index in [1.54, 1.807) is 0 Å². The first-order valence-electron chi connectivity index (χ1n) is 3.70. The molecular weight excluding hydrogens is 167 g/mol. The van der Waals surface area contributed by atoms with Gasteiger partial charge in [0, 0.05) is 14.2 Å². The Morgan fingerprint density at radius 1 is 1.50 bits per heavy atom. The van der Waals surface area contributed by atoms with Crippen molar-refractivity contribution in [1.29, 1.82) is 0 Å². The summed E-state index contributed by atoms with van der Waals surface area (Å²) in [5.74, 6) is 0. The summed E-state index contributed by atoms with van der Waals surface area (Å²) in [7, 11) is 2.80. The van der Waals surface area contributed by atoms with Gasteiger partial charge in [0.15, 0.2) is 12.5 Å². The van der Waals surface area contributed by atoms with E-state index < -0.39 is 24.7 Å². The molecule has 1 fully saturated rings. The van der Waals surface area contributed by atoms with Crippen molar-refractivity contribution in [3.05, 3.63) is 0 Å². The van der Waals surface area contributed by atoms with Gasteiger partial charge in [-0.3, -0.25) is 0 Å². The van der Waals surface area contributed by atoms with Gasteiger partial charge in [0.1, 0.15) is 12.2 Å². The second kappa shape index (κ2) is 4.13. The molecule has 5 heteroatoms. The number of aliphatic hydroxyl groups excluding tert-OH is 1. The first-order valence-corrected chi connectivity index (χ1v) is 3.70. The van der Waals surface area contributed by atoms with Gasteiger partial charge in [-0.05, 0) is 0 Å². The molecule has 0 spiro atoms. The predicted molar refractivity (Wildman–Crippen MR) is 38.4 cm³/mol. The number of methoxy groups -OCH3 is 2. The molecule has 72 valence electrons. The van der Waals surface area contributed by atoms with Crippen molar-refractivity contribution in [3.63, 3.8) is 0 Å². The van der Waals surface area contributed by atoms with Crippen LogP contribution >= 0.6 is 0 Å². The van der Waals surface area contributed by atoms with Gasteiger partial charge in [0.05, 0.1) is 6.61 Å². The predicted octanol–water partition coefficient (Wildman–Crippen LogP) is -0.297. The Labute approximate surface area is 70.2 Å². The van der Waals surface area contributed by atoms with E-state index in [1.807, 2.05) is 0 Å². The van der Waals surface area contributed by atoms with E-state index in [0.717, 1.165) is 0 Å². The third-order valence-corrected chi connectivity index (χ3v) is 1.83. The molecule has 12 heavy (non-hydrogen) atoms. The molecular formula is C7H13FO4. The van der Waals surface area contributed by atoms with Crippen molar-refractivity contribution in [2.45, 2.75) is 24.7 Å². The lowest BCUT2D eigenvalue weighted by molar-refractivity contribution is -0.154. The zero-order valence-electron chi connectivity index (χ0n) is 7.07. The van der Waals surface area contributed by atoms with Crippen LogP contribution in [0.1, 0.15) is 0 Å². The first kappa shape index (κ1) is 9.85. The maximum absolute atomic E-state index is 13.1. The van der Waals surface area contributed by atoms with Crippen molar-refractivity contribution in [1.82, 2.24) is 0 Å². The molecule has 0 aromatic heterocycles. The summed E-state index contributed by atoms with van der Waals surface area (Å²) in [6.45, 7) is 0.123. The minimum atomic E-state index is -1.44. The van der Waals surface area contributed by atoms with Gasteiger partial charge in [-0.25, -0.2) is 4.39 Å². The lowest BCUT2D eigenvalue weighted by Gasteiger charge is -2.10. The molecule has 0 aromatic rings. The largest absolute Gasteiger partial charge is 0.385 e. The van der Waals surface area contributed by atoms with Gasteiger partial charge in [0.25, 0.3) is 0 Å². The summed E-state index contributed by atoms with van der Waals surface area (Å²) in [6, 6.07) is 0. The number of rotatable bonds is 3. The minimum Gasteiger partial charge on any atom is -0.385 e. The van der Waals surface area contributed by atoms with Crippen molar-refractivity contribution >= 4 is 0 Å². The van der Waals surface area contributed by atoms with Crippen molar-refractivity contribution < 1.29 is 23.7 Å². The molecule has 1 heterocycles. The fourth-order valence-electron chi connectivity index (χ4n) is 1.19. The Hall–Kier alpha value is -0.230. The third-order valence-electron chi connectivity index (χ3n) is 1.83. The van der Waals surface area contributed by atoms with Gasteiger partial charge in [-0.15, -0.1) is 0 Å². The molecule has 0 radical (unpaired) electrons. The highest BCUT2D eigenvalue weighted by molar-refractivity contribution is 4.86. The third kappa shape index (κ3) is 1.74. The maximum atomic E-state index is 13.1. The number of hydrogen-bond acceptors (Lipinski definition) is 4. The second-order valence-electron chi connectivity index (χ2n) is 2.67. The molecule has 4 nitrogen and oxygen atoms in total. The lowest BCUT2D eigenvalue weighted by atomic mass is 10.2. The van der Waals surface area contributed by atoms with Crippen LogP contribution in [-0.4, -0.2) is 50.6 Å². The van der Waals surface area contributed by atoms with Crippen LogP contribution in [0.5, 0.6) is 0 Å². The molecule has 1 aliphatic rings. The van der Waals surface area contributed by atoms with Crippen LogP contribution in [0.25, 0.3) is 0 Å². The lowest BCUT2D eigenvalue weighted by Crippen LogP contribution is -2.31. The highest BCUT2D eigenvalue weighted by Crippen LogP contribution is 2.24.